The summed E-state index contributed by atoms with van der Waals surface area (Å²) in [6, 6.07) is 10.1. The first-order chi connectivity index (χ1) is 15.7. The van der Waals surface area contributed by atoms with E-state index in [1.54, 1.807) is 4.52 Å². The SMILES string of the molecule is CCNCN1CCC(c2nc3c(-c4cnn(-c5ccccc5)c4)cnn3c(N)c2Br)CC1. The maximum absolute atomic E-state index is 6.48. The van der Waals surface area contributed by atoms with Crippen LogP contribution in [0.1, 0.15) is 31.4 Å². The van der Waals surface area contributed by atoms with Crippen LogP contribution in [0.2, 0.25) is 0 Å². The molecule has 0 bridgehead atoms. The summed E-state index contributed by atoms with van der Waals surface area (Å²) in [6.07, 6.45) is 7.79. The number of aromatic nitrogens is 5. The van der Waals surface area contributed by atoms with Crippen molar-refractivity contribution in [1.82, 2.24) is 34.6 Å². The van der Waals surface area contributed by atoms with E-state index in [1.165, 1.54) is 0 Å². The average Bonchev–Trinajstić information content (AvgIpc) is 3.48. The highest BCUT2D eigenvalue weighted by Gasteiger charge is 2.26. The van der Waals surface area contributed by atoms with Gasteiger partial charge < -0.3 is 11.1 Å². The minimum absolute atomic E-state index is 0.365. The van der Waals surface area contributed by atoms with Crippen molar-refractivity contribution in [3.8, 4) is 16.8 Å². The van der Waals surface area contributed by atoms with E-state index >= 15 is 0 Å². The number of nitrogens with zero attached hydrogens (tertiary/aromatic N) is 6. The van der Waals surface area contributed by atoms with E-state index in [4.69, 9.17) is 10.7 Å². The molecule has 1 fully saturated rings. The number of nitrogen functional groups attached to an aromatic ring is 1. The minimum Gasteiger partial charge on any atom is -0.383 e. The molecule has 4 aromatic rings. The van der Waals surface area contributed by atoms with Gasteiger partial charge in [-0.15, -0.1) is 0 Å². The average molecular weight is 495 g/mol. The number of rotatable bonds is 6. The number of benzene rings is 1. The lowest BCUT2D eigenvalue weighted by molar-refractivity contribution is 0.198. The summed E-state index contributed by atoms with van der Waals surface area (Å²) >= 11 is 3.70. The van der Waals surface area contributed by atoms with E-state index in [0.29, 0.717) is 11.7 Å². The molecule has 1 aromatic carbocycles. The zero-order valence-electron chi connectivity index (χ0n) is 18.1. The van der Waals surface area contributed by atoms with Crippen molar-refractivity contribution >= 4 is 27.4 Å². The van der Waals surface area contributed by atoms with Gasteiger partial charge in [0.15, 0.2) is 5.65 Å². The fourth-order valence-electron chi connectivity index (χ4n) is 4.31. The minimum atomic E-state index is 0.365. The highest BCUT2D eigenvalue weighted by molar-refractivity contribution is 9.10. The van der Waals surface area contributed by atoms with E-state index in [-0.39, 0.29) is 0 Å². The number of nitrogens with two attached hydrogens (primary N) is 1. The lowest BCUT2D eigenvalue weighted by Crippen LogP contribution is -2.39. The molecule has 0 amide bonds. The molecule has 166 valence electrons. The Morgan fingerprint density at radius 3 is 2.66 bits per heavy atom. The molecule has 0 spiro atoms. The summed E-state index contributed by atoms with van der Waals surface area (Å²) in [5.41, 5.74) is 11.2. The third-order valence-corrected chi connectivity index (χ3v) is 6.93. The third kappa shape index (κ3) is 3.92. The molecule has 1 aliphatic rings. The van der Waals surface area contributed by atoms with Gasteiger partial charge in [-0.25, -0.2) is 9.67 Å². The second kappa shape index (κ2) is 9.01. The van der Waals surface area contributed by atoms with Gasteiger partial charge in [0.1, 0.15) is 5.82 Å². The largest absolute Gasteiger partial charge is 0.383 e. The van der Waals surface area contributed by atoms with Gasteiger partial charge in [-0.2, -0.15) is 14.7 Å². The highest BCUT2D eigenvalue weighted by Crippen LogP contribution is 2.36. The fraction of sp³-hybridized carbons (Fsp3) is 0.348. The molecule has 3 N–H and O–H groups in total. The number of hydrogen-bond donors (Lipinski definition) is 2. The molecule has 5 rings (SSSR count). The van der Waals surface area contributed by atoms with Crippen LogP contribution in [0.25, 0.3) is 22.5 Å². The van der Waals surface area contributed by atoms with Crippen LogP contribution in [-0.4, -0.2) is 55.6 Å². The monoisotopic (exact) mass is 494 g/mol. The Bertz CT molecular complexity index is 1210. The number of hydrogen-bond acceptors (Lipinski definition) is 6. The number of anilines is 1. The van der Waals surface area contributed by atoms with Crippen LogP contribution in [-0.2, 0) is 0 Å². The first kappa shape index (κ1) is 21.1. The van der Waals surface area contributed by atoms with Crippen molar-refractivity contribution in [2.75, 3.05) is 32.0 Å². The maximum atomic E-state index is 6.48. The Balaban J connectivity index is 1.47. The van der Waals surface area contributed by atoms with Crippen LogP contribution in [0, 0.1) is 0 Å². The predicted molar refractivity (Wildman–Crippen MR) is 130 cm³/mol. The van der Waals surface area contributed by atoms with Gasteiger partial charge >= 0.3 is 0 Å². The van der Waals surface area contributed by atoms with Crippen LogP contribution in [0.15, 0.2) is 53.4 Å². The Morgan fingerprint density at radius 2 is 1.91 bits per heavy atom. The molecule has 1 saturated heterocycles. The summed E-state index contributed by atoms with van der Waals surface area (Å²) < 4.78 is 4.43. The van der Waals surface area contributed by atoms with Gasteiger partial charge in [0, 0.05) is 43.0 Å². The zero-order valence-corrected chi connectivity index (χ0v) is 19.7. The summed E-state index contributed by atoms with van der Waals surface area (Å²) in [5.74, 6) is 0.950. The van der Waals surface area contributed by atoms with Crippen molar-refractivity contribution in [3.63, 3.8) is 0 Å². The Morgan fingerprint density at radius 1 is 1.12 bits per heavy atom. The van der Waals surface area contributed by atoms with Crippen molar-refractivity contribution in [2.24, 2.45) is 0 Å². The zero-order chi connectivity index (χ0) is 22.1. The normalized spacial score (nSPS) is 15.6. The maximum Gasteiger partial charge on any atom is 0.165 e. The number of nitrogens with one attached hydrogen (secondary N) is 1. The lowest BCUT2D eigenvalue weighted by atomic mass is 9.93. The fourth-order valence-corrected chi connectivity index (χ4v) is 4.89. The second-order valence-electron chi connectivity index (χ2n) is 8.15. The Hall–Kier alpha value is -2.75. The number of halogens is 1. The molecule has 0 saturated carbocycles. The van der Waals surface area contributed by atoms with Gasteiger partial charge in [-0.05, 0) is 47.4 Å². The van der Waals surface area contributed by atoms with Gasteiger partial charge in [-0.1, -0.05) is 25.1 Å². The quantitative estimate of drug-likeness (QED) is 0.425. The summed E-state index contributed by atoms with van der Waals surface area (Å²) in [7, 11) is 0. The molecule has 1 aliphatic heterocycles. The van der Waals surface area contributed by atoms with Crippen LogP contribution in [0.3, 0.4) is 0 Å². The smallest absolute Gasteiger partial charge is 0.165 e. The molecule has 4 heterocycles. The molecule has 0 unspecified atom stereocenters. The molecular formula is C23H27BrN8. The standard InChI is InChI=1S/C23H27BrN8/c1-2-26-15-30-10-8-16(9-11-30)21-20(24)22(25)32-23(29-21)19(13-28-32)17-12-27-31(14-17)18-6-4-3-5-7-18/h3-7,12-14,16,26H,2,8-11,15,25H2,1H3. The molecule has 9 heteroatoms. The lowest BCUT2D eigenvalue weighted by Gasteiger charge is -2.32. The predicted octanol–water partition coefficient (Wildman–Crippen LogP) is 3.67. The van der Waals surface area contributed by atoms with Crippen molar-refractivity contribution in [1.29, 1.82) is 0 Å². The molecular weight excluding hydrogens is 468 g/mol. The summed E-state index contributed by atoms with van der Waals surface area (Å²) in [6.45, 7) is 6.17. The van der Waals surface area contributed by atoms with E-state index in [0.717, 1.165) is 71.8 Å². The number of likely N-dealkylation sites (tertiary alicyclic amines) is 1. The van der Waals surface area contributed by atoms with Crippen LogP contribution in [0.5, 0.6) is 0 Å². The Labute approximate surface area is 195 Å². The van der Waals surface area contributed by atoms with Crippen LogP contribution in [0.4, 0.5) is 5.82 Å². The topological polar surface area (TPSA) is 89.3 Å². The van der Waals surface area contributed by atoms with E-state index in [9.17, 15) is 0 Å². The van der Waals surface area contributed by atoms with Crippen molar-refractivity contribution in [3.05, 3.63) is 59.1 Å². The number of para-hydroxylation sites is 1. The number of piperidine rings is 1. The third-order valence-electron chi connectivity index (χ3n) is 6.12. The molecule has 0 radical (unpaired) electrons. The van der Waals surface area contributed by atoms with Gasteiger partial charge in [0.05, 0.1) is 28.2 Å². The van der Waals surface area contributed by atoms with Gasteiger partial charge in [0.25, 0.3) is 0 Å². The van der Waals surface area contributed by atoms with Crippen molar-refractivity contribution < 1.29 is 0 Å². The molecule has 32 heavy (non-hydrogen) atoms. The molecule has 8 nitrogen and oxygen atoms in total. The van der Waals surface area contributed by atoms with E-state index in [2.05, 4.69) is 43.3 Å². The highest BCUT2D eigenvalue weighted by atomic mass is 79.9. The second-order valence-corrected chi connectivity index (χ2v) is 8.95. The van der Waals surface area contributed by atoms with E-state index in [1.807, 2.05) is 53.6 Å². The summed E-state index contributed by atoms with van der Waals surface area (Å²) in [4.78, 5) is 7.52. The Kier molecular flexibility index (Phi) is 5.95. The summed E-state index contributed by atoms with van der Waals surface area (Å²) in [5, 5.41) is 12.5. The van der Waals surface area contributed by atoms with Crippen LogP contribution >= 0.6 is 15.9 Å². The first-order valence-electron chi connectivity index (χ1n) is 11.0. The molecule has 0 atom stereocenters. The van der Waals surface area contributed by atoms with Gasteiger partial charge in [0.2, 0.25) is 0 Å². The number of fused-ring (bicyclic) bond motifs is 1. The van der Waals surface area contributed by atoms with Crippen LogP contribution < -0.4 is 11.1 Å². The molecule has 0 aliphatic carbocycles. The van der Waals surface area contributed by atoms with Gasteiger partial charge in [-0.3, -0.25) is 4.90 Å². The first-order valence-corrected chi connectivity index (χ1v) is 11.8. The van der Waals surface area contributed by atoms with E-state index < -0.39 is 0 Å². The van der Waals surface area contributed by atoms with Crippen molar-refractivity contribution in [2.45, 2.75) is 25.7 Å². The molecule has 3 aromatic heterocycles.